The quantitative estimate of drug-likeness (QED) is 0.655. The van der Waals surface area contributed by atoms with E-state index in [0.717, 1.165) is 36.9 Å². The smallest absolute Gasteiger partial charge is 0.222 e. The van der Waals surface area contributed by atoms with Crippen LogP contribution in [0.5, 0.6) is 0 Å². The number of sulfonamides is 1. The maximum atomic E-state index is 15.3. The second-order valence-electron chi connectivity index (χ2n) is 9.86. The standard InChI is InChI=1S/C26H32FN3O3S/c1-20(31)28-13-15-29(16-14-28)23-10-9-22(24(27)17-23)19-30-26(11-5-6-12-26)18-25(34(30,32)33)21-7-3-2-4-8-21/h2-4,7-10,17,25H,5-6,11-16,18-19H2,1H3. The molecule has 2 aromatic carbocycles. The van der Waals surface area contributed by atoms with Crippen LogP contribution in [-0.4, -0.2) is 55.2 Å². The van der Waals surface area contributed by atoms with Crippen LogP contribution < -0.4 is 4.90 Å². The van der Waals surface area contributed by atoms with E-state index in [-0.39, 0.29) is 18.3 Å². The highest BCUT2D eigenvalue weighted by Gasteiger charge is 2.56. The van der Waals surface area contributed by atoms with Crippen LogP contribution in [0.4, 0.5) is 10.1 Å². The van der Waals surface area contributed by atoms with Crippen LogP contribution in [0.3, 0.4) is 0 Å². The number of piperazine rings is 1. The van der Waals surface area contributed by atoms with Crippen LogP contribution in [0.15, 0.2) is 48.5 Å². The molecule has 2 saturated heterocycles. The lowest BCUT2D eigenvalue weighted by Crippen LogP contribution is -2.48. The Morgan fingerprint density at radius 2 is 1.71 bits per heavy atom. The SMILES string of the molecule is CC(=O)N1CCN(c2ccc(CN3C4(CCCC4)CC(c4ccccc4)S3(=O)=O)c(F)c2)CC1. The minimum absolute atomic E-state index is 0.0580. The van der Waals surface area contributed by atoms with E-state index in [1.165, 1.54) is 6.07 Å². The number of amides is 1. The third-order valence-electron chi connectivity index (χ3n) is 7.91. The summed E-state index contributed by atoms with van der Waals surface area (Å²) in [5.41, 5.74) is 1.57. The molecule has 34 heavy (non-hydrogen) atoms. The van der Waals surface area contributed by atoms with Gasteiger partial charge >= 0.3 is 0 Å². The van der Waals surface area contributed by atoms with Gasteiger partial charge in [-0.3, -0.25) is 4.79 Å². The Hall–Kier alpha value is -2.45. The van der Waals surface area contributed by atoms with Gasteiger partial charge in [-0.25, -0.2) is 12.8 Å². The summed E-state index contributed by atoms with van der Waals surface area (Å²) in [4.78, 5) is 15.4. The molecule has 1 unspecified atom stereocenters. The lowest BCUT2D eigenvalue weighted by molar-refractivity contribution is -0.129. The first-order valence-corrected chi connectivity index (χ1v) is 13.7. The number of halogens is 1. The third-order valence-corrected chi connectivity index (χ3v) is 10.2. The van der Waals surface area contributed by atoms with Crippen molar-refractivity contribution in [2.45, 2.75) is 56.4 Å². The number of carbonyl (C=O) groups is 1. The van der Waals surface area contributed by atoms with E-state index in [2.05, 4.69) is 4.90 Å². The molecule has 0 radical (unpaired) electrons. The molecule has 2 aliphatic heterocycles. The van der Waals surface area contributed by atoms with Crippen molar-refractivity contribution in [1.82, 2.24) is 9.21 Å². The zero-order valence-corrected chi connectivity index (χ0v) is 20.4. The first kappa shape index (κ1) is 23.3. The maximum Gasteiger partial charge on any atom is 0.222 e. The Morgan fingerprint density at radius 3 is 2.32 bits per heavy atom. The molecular formula is C26H32FN3O3S. The summed E-state index contributed by atoms with van der Waals surface area (Å²) in [5.74, 6) is -0.319. The van der Waals surface area contributed by atoms with Gasteiger partial charge in [0.1, 0.15) is 11.1 Å². The predicted molar refractivity (Wildman–Crippen MR) is 130 cm³/mol. The maximum absolute atomic E-state index is 15.3. The zero-order chi connectivity index (χ0) is 23.9. The van der Waals surface area contributed by atoms with E-state index in [1.807, 2.05) is 36.4 Å². The largest absolute Gasteiger partial charge is 0.368 e. The molecule has 182 valence electrons. The van der Waals surface area contributed by atoms with E-state index >= 15 is 4.39 Å². The minimum Gasteiger partial charge on any atom is -0.368 e. The van der Waals surface area contributed by atoms with Crippen LogP contribution in [0.25, 0.3) is 0 Å². The van der Waals surface area contributed by atoms with E-state index in [1.54, 1.807) is 22.2 Å². The molecule has 0 bridgehead atoms. The number of nitrogens with zero attached hydrogens (tertiary/aromatic N) is 3. The van der Waals surface area contributed by atoms with Crippen molar-refractivity contribution in [1.29, 1.82) is 0 Å². The molecule has 1 atom stereocenters. The van der Waals surface area contributed by atoms with Gasteiger partial charge < -0.3 is 9.80 Å². The fourth-order valence-electron chi connectivity index (χ4n) is 5.97. The normalized spacial score (nSPS) is 24.1. The van der Waals surface area contributed by atoms with Gasteiger partial charge in [-0.15, -0.1) is 0 Å². The molecule has 1 amide bonds. The van der Waals surface area contributed by atoms with Gasteiger partial charge in [-0.2, -0.15) is 4.31 Å². The zero-order valence-electron chi connectivity index (χ0n) is 19.6. The molecule has 1 spiro atoms. The molecule has 6 nitrogen and oxygen atoms in total. The average molecular weight is 486 g/mol. The number of hydrogen-bond donors (Lipinski definition) is 0. The highest BCUT2D eigenvalue weighted by molar-refractivity contribution is 7.89. The van der Waals surface area contributed by atoms with Crippen LogP contribution >= 0.6 is 0 Å². The number of anilines is 1. The summed E-state index contributed by atoms with van der Waals surface area (Å²) in [6.07, 6.45) is 4.23. The summed E-state index contributed by atoms with van der Waals surface area (Å²) >= 11 is 0. The lowest BCUT2D eigenvalue weighted by Gasteiger charge is -2.36. The third kappa shape index (κ3) is 4.11. The lowest BCUT2D eigenvalue weighted by atomic mass is 9.89. The van der Waals surface area contributed by atoms with E-state index < -0.39 is 20.8 Å². The summed E-state index contributed by atoms with van der Waals surface area (Å²) in [6, 6.07) is 14.5. The Labute approximate surface area is 201 Å². The van der Waals surface area contributed by atoms with Crippen molar-refractivity contribution in [2.75, 3.05) is 31.1 Å². The van der Waals surface area contributed by atoms with Gasteiger partial charge in [0.15, 0.2) is 0 Å². The summed E-state index contributed by atoms with van der Waals surface area (Å²) in [7, 11) is -3.61. The minimum atomic E-state index is -3.61. The van der Waals surface area contributed by atoms with Crippen LogP contribution in [0, 0.1) is 5.82 Å². The summed E-state index contributed by atoms with van der Waals surface area (Å²) < 4.78 is 44.4. The van der Waals surface area contributed by atoms with Crippen LogP contribution in [0.2, 0.25) is 0 Å². The number of hydrogen-bond acceptors (Lipinski definition) is 4. The average Bonchev–Trinajstić information content (AvgIpc) is 3.39. The Balaban J connectivity index is 1.39. The Morgan fingerprint density at radius 1 is 1.03 bits per heavy atom. The highest BCUT2D eigenvalue weighted by Crippen LogP contribution is 2.53. The topological polar surface area (TPSA) is 60.9 Å². The molecule has 0 N–H and O–H groups in total. The van der Waals surface area contributed by atoms with Crippen molar-refractivity contribution in [2.24, 2.45) is 0 Å². The van der Waals surface area contributed by atoms with E-state index in [0.29, 0.717) is 38.2 Å². The first-order valence-electron chi connectivity index (χ1n) is 12.2. The van der Waals surface area contributed by atoms with Crippen LogP contribution in [-0.2, 0) is 21.4 Å². The van der Waals surface area contributed by atoms with Crippen molar-refractivity contribution < 1.29 is 17.6 Å². The highest BCUT2D eigenvalue weighted by atomic mass is 32.2. The molecular weight excluding hydrogens is 453 g/mol. The number of rotatable bonds is 4. The molecule has 2 heterocycles. The van der Waals surface area contributed by atoms with E-state index in [4.69, 9.17) is 0 Å². The van der Waals surface area contributed by atoms with E-state index in [9.17, 15) is 13.2 Å². The molecule has 1 saturated carbocycles. The number of benzene rings is 2. The molecule has 0 aromatic heterocycles. The van der Waals surface area contributed by atoms with Gasteiger partial charge in [0, 0.05) is 56.4 Å². The number of carbonyl (C=O) groups excluding carboxylic acids is 1. The molecule has 3 aliphatic rings. The van der Waals surface area contributed by atoms with Gasteiger partial charge in [0.05, 0.1) is 0 Å². The van der Waals surface area contributed by atoms with Crippen molar-refractivity contribution in [3.8, 4) is 0 Å². The fraction of sp³-hybridized carbons (Fsp3) is 0.500. The molecule has 8 heteroatoms. The first-order chi connectivity index (χ1) is 16.3. The summed E-state index contributed by atoms with van der Waals surface area (Å²) in [6.45, 7) is 4.18. The Kier molecular flexibility index (Phi) is 6.14. The van der Waals surface area contributed by atoms with Crippen molar-refractivity contribution >= 4 is 21.6 Å². The van der Waals surface area contributed by atoms with Crippen molar-refractivity contribution in [3.05, 3.63) is 65.5 Å². The monoisotopic (exact) mass is 485 g/mol. The Bertz CT molecular complexity index is 1160. The molecule has 1 aliphatic carbocycles. The van der Waals surface area contributed by atoms with Gasteiger partial charge in [-0.1, -0.05) is 49.2 Å². The van der Waals surface area contributed by atoms with Gasteiger partial charge in [0.25, 0.3) is 0 Å². The second-order valence-corrected chi connectivity index (χ2v) is 11.9. The molecule has 2 aromatic rings. The predicted octanol–water partition coefficient (Wildman–Crippen LogP) is 4.08. The summed E-state index contributed by atoms with van der Waals surface area (Å²) in [5, 5.41) is -0.577. The van der Waals surface area contributed by atoms with Crippen LogP contribution in [0.1, 0.15) is 55.4 Å². The molecule has 3 fully saturated rings. The second kappa shape index (κ2) is 8.96. The van der Waals surface area contributed by atoms with Gasteiger partial charge in [-0.05, 0) is 37.0 Å². The fourth-order valence-corrected chi connectivity index (χ4v) is 8.42. The van der Waals surface area contributed by atoms with Crippen molar-refractivity contribution in [3.63, 3.8) is 0 Å². The van der Waals surface area contributed by atoms with Gasteiger partial charge in [0.2, 0.25) is 15.9 Å². The molecule has 5 rings (SSSR count).